The van der Waals surface area contributed by atoms with Crippen molar-refractivity contribution >= 4 is 17.3 Å². The summed E-state index contributed by atoms with van der Waals surface area (Å²) in [5.74, 6) is 1.37. The summed E-state index contributed by atoms with van der Waals surface area (Å²) in [5.41, 5.74) is 1.59. The van der Waals surface area contributed by atoms with E-state index < -0.39 is 0 Å². The van der Waals surface area contributed by atoms with Crippen molar-refractivity contribution in [3.05, 3.63) is 22.4 Å². The molecule has 0 saturated heterocycles. The Morgan fingerprint density at radius 3 is 2.62 bits per heavy atom. The van der Waals surface area contributed by atoms with Gasteiger partial charge in [0.15, 0.2) is 5.96 Å². The maximum absolute atomic E-state index is 4.31. The summed E-state index contributed by atoms with van der Waals surface area (Å²) >= 11 is 1.75. The second-order valence-electron chi connectivity index (χ2n) is 6.67. The van der Waals surface area contributed by atoms with Crippen molar-refractivity contribution in [3.8, 4) is 0 Å². The van der Waals surface area contributed by atoms with E-state index in [4.69, 9.17) is 0 Å². The van der Waals surface area contributed by atoms with Crippen LogP contribution in [0.2, 0.25) is 0 Å². The number of rotatable bonds is 7. The van der Waals surface area contributed by atoms with Crippen LogP contribution in [-0.4, -0.2) is 51.6 Å². The van der Waals surface area contributed by atoms with E-state index in [1.165, 1.54) is 5.56 Å². The Labute approximate surface area is 133 Å². The van der Waals surface area contributed by atoms with Crippen LogP contribution in [0.25, 0.3) is 0 Å². The zero-order chi connectivity index (χ0) is 15.9. The Morgan fingerprint density at radius 2 is 2.10 bits per heavy atom. The molecule has 0 fully saturated rings. The summed E-state index contributed by atoms with van der Waals surface area (Å²) in [4.78, 5) is 6.53. The quantitative estimate of drug-likeness (QED) is 0.601. The van der Waals surface area contributed by atoms with Crippen LogP contribution < -0.4 is 10.6 Å². The molecular formula is C16H30N4S. The van der Waals surface area contributed by atoms with Crippen LogP contribution in [0.5, 0.6) is 0 Å². The van der Waals surface area contributed by atoms with Gasteiger partial charge in [0.2, 0.25) is 0 Å². The molecule has 120 valence electrons. The van der Waals surface area contributed by atoms with E-state index in [2.05, 4.69) is 72.2 Å². The molecule has 0 bridgehead atoms. The van der Waals surface area contributed by atoms with Crippen molar-refractivity contribution in [1.82, 2.24) is 15.5 Å². The maximum atomic E-state index is 4.31. The van der Waals surface area contributed by atoms with E-state index in [0.717, 1.165) is 25.6 Å². The Kier molecular flexibility index (Phi) is 7.18. The van der Waals surface area contributed by atoms with Gasteiger partial charge in [-0.3, -0.25) is 4.99 Å². The van der Waals surface area contributed by atoms with Crippen LogP contribution in [0.1, 0.15) is 32.3 Å². The third-order valence-electron chi connectivity index (χ3n) is 3.39. The lowest BCUT2D eigenvalue weighted by atomic mass is 9.93. The number of thiophene rings is 1. The molecule has 0 amide bonds. The highest BCUT2D eigenvalue weighted by Gasteiger charge is 2.19. The van der Waals surface area contributed by atoms with Crippen LogP contribution in [-0.2, 0) is 0 Å². The van der Waals surface area contributed by atoms with Crippen LogP contribution in [0.15, 0.2) is 21.8 Å². The van der Waals surface area contributed by atoms with Crippen molar-refractivity contribution in [2.24, 2.45) is 10.4 Å². The fraction of sp³-hybridized carbons (Fsp3) is 0.688. The maximum Gasteiger partial charge on any atom is 0.191 e. The van der Waals surface area contributed by atoms with Gasteiger partial charge in [0, 0.05) is 26.7 Å². The lowest BCUT2D eigenvalue weighted by Gasteiger charge is -2.29. The third kappa shape index (κ3) is 6.96. The smallest absolute Gasteiger partial charge is 0.191 e. The first-order valence-electron chi connectivity index (χ1n) is 7.45. The number of hydrogen-bond donors (Lipinski definition) is 2. The Balaban J connectivity index is 2.39. The minimum atomic E-state index is 0.208. The highest BCUT2D eigenvalue weighted by molar-refractivity contribution is 7.07. The van der Waals surface area contributed by atoms with Gasteiger partial charge in [-0.15, -0.1) is 0 Å². The van der Waals surface area contributed by atoms with E-state index >= 15 is 0 Å². The zero-order valence-corrected chi connectivity index (χ0v) is 15.0. The molecule has 0 aromatic carbocycles. The molecule has 4 nitrogen and oxygen atoms in total. The first-order valence-corrected chi connectivity index (χ1v) is 8.39. The van der Waals surface area contributed by atoms with Gasteiger partial charge in [-0.05, 0) is 47.8 Å². The molecule has 0 radical (unpaired) electrons. The van der Waals surface area contributed by atoms with Gasteiger partial charge >= 0.3 is 0 Å². The first-order chi connectivity index (χ1) is 9.84. The first kappa shape index (κ1) is 18.0. The van der Waals surface area contributed by atoms with Gasteiger partial charge in [-0.25, -0.2) is 0 Å². The number of hydrogen-bond acceptors (Lipinski definition) is 3. The van der Waals surface area contributed by atoms with Crippen LogP contribution >= 0.6 is 11.3 Å². The number of guanidine groups is 1. The summed E-state index contributed by atoms with van der Waals surface area (Å²) in [5, 5.41) is 11.2. The minimum absolute atomic E-state index is 0.208. The summed E-state index contributed by atoms with van der Waals surface area (Å²) in [7, 11) is 6.04. The van der Waals surface area contributed by atoms with Gasteiger partial charge in [0.05, 0.1) is 0 Å². The Bertz CT molecular complexity index is 423. The SMILES string of the molecule is CN=C(NCC(C)c1ccsc1)NCC(C)(C)CN(C)C. The van der Waals surface area contributed by atoms with Gasteiger partial charge < -0.3 is 15.5 Å². The number of nitrogens with zero attached hydrogens (tertiary/aromatic N) is 2. The van der Waals surface area contributed by atoms with E-state index in [9.17, 15) is 0 Å². The molecule has 1 atom stereocenters. The van der Waals surface area contributed by atoms with Gasteiger partial charge in [-0.1, -0.05) is 20.8 Å². The second kappa shape index (κ2) is 8.39. The zero-order valence-electron chi connectivity index (χ0n) is 14.2. The highest BCUT2D eigenvalue weighted by atomic mass is 32.1. The van der Waals surface area contributed by atoms with Crippen LogP contribution in [0, 0.1) is 5.41 Å². The Morgan fingerprint density at radius 1 is 1.38 bits per heavy atom. The van der Waals surface area contributed by atoms with Crippen molar-refractivity contribution in [3.63, 3.8) is 0 Å². The van der Waals surface area contributed by atoms with Crippen LogP contribution in [0.4, 0.5) is 0 Å². The van der Waals surface area contributed by atoms with Gasteiger partial charge in [0.25, 0.3) is 0 Å². The number of nitrogens with one attached hydrogen (secondary N) is 2. The largest absolute Gasteiger partial charge is 0.356 e. The average molecular weight is 311 g/mol. The van der Waals surface area contributed by atoms with Crippen molar-refractivity contribution in [2.75, 3.05) is 40.8 Å². The molecule has 1 rings (SSSR count). The molecule has 0 saturated carbocycles. The van der Waals surface area contributed by atoms with Crippen molar-refractivity contribution < 1.29 is 0 Å². The lowest BCUT2D eigenvalue weighted by molar-refractivity contribution is 0.241. The van der Waals surface area contributed by atoms with E-state index in [1.54, 1.807) is 11.3 Å². The topological polar surface area (TPSA) is 39.7 Å². The monoisotopic (exact) mass is 310 g/mol. The second-order valence-corrected chi connectivity index (χ2v) is 7.45. The molecule has 1 heterocycles. The summed E-state index contributed by atoms with van der Waals surface area (Å²) in [6.45, 7) is 9.60. The molecule has 1 aromatic heterocycles. The third-order valence-corrected chi connectivity index (χ3v) is 4.09. The molecule has 2 N–H and O–H groups in total. The molecule has 21 heavy (non-hydrogen) atoms. The highest BCUT2D eigenvalue weighted by Crippen LogP contribution is 2.17. The lowest BCUT2D eigenvalue weighted by Crippen LogP contribution is -2.45. The van der Waals surface area contributed by atoms with Gasteiger partial charge in [0.1, 0.15) is 0 Å². The molecule has 0 spiro atoms. The standard InChI is InChI=1S/C16H30N4S/c1-13(14-7-8-21-10-14)9-18-15(17-4)19-11-16(2,3)12-20(5)6/h7-8,10,13H,9,11-12H2,1-6H3,(H2,17,18,19). The molecule has 5 heteroatoms. The fourth-order valence-corrected chi connectivity index (χ4v) is 3.16. The average Bonchev–Trinajstić information content (AvgIpc) is 2.91. The minimum Gasteiger partial charge on any atom is -0.356 e. The van der Waals surface area contributed by atoms with Crippen molar-refractivity contribution in [2.45, 2.75) is 26.7 Å². The van der Waals surface area contributed by atoms with E-state index in [0.29, 0.717) is 5.92 Å². The molecular weight excluding hydrogens is 280 g/mol. The van der Waals surface area contributed by atoms with Gasteiger partial charge in [-0.2, -0.15) is 11.3 Å². The van der Waals surface area contributed by atoms with Crippen molar-refractivity contribution in [1.29, 1.82) is 0 Å². The normalized spacial score (nSPS) is 14.3. The van der Waals surface area contributed by atoms with E-state index in [1.807, 2.05) is 7.05 Å². The fourth-order valence-electron chi connectivity index (χ4n) is 2.38. The van der Waals surface area contributed by atoms with Crippen LogP contribution in [0.3, 0.4) is 0 Å². The molecule has 1 unspecified atom stereocenters. The predicted molar refractivity (Wildman–Crippen MR) is 94.4 cm³/mol. The number of aliphatic imine (C=N–C) groups is 1. The summed E-state index contributed by atoms with van der Waals surface area (Å²) < 4.78 is 0. The van der Waals surface area contributed by atoms with E-state index in [-0.39, 0.29) is 5.41 Å². The molecule has 1 aromatic rings. The predicted octanol–water partition coefficient (Wildman–Crippen LogP) is 2.60. The summed E-state index contributed by atoms with van der Waals surface area (Å²) in [6, 6.07) is 2.19. The molecule has 0 aliphatic heterocycles. The summed E-state index contributed by atoms with van der Waals surface area (Å²) in [6.07, 6.45) is 0. The molecule has 0 aliphatic carbocycles. The molecule has 0 aliphatic rings. The Hall–Kier alpha value is -1.07.